The van der Waals surface area contributed by atoms with Gasteiger partial charge in [0, 0.05) is 18.1 Å². The van der Waals surface area contributed by atoms with Crippen LogP contribution in [0.1, 0.15) is 11.3 Å². The zero-order valence-corrected chi connectivity index (χ0v) is 14.4. The molecule has 2 aromatic rings. The Balaban J connectivity index is 2.57. The van der Waals surface area contributed by atoms with Gasteiger partial charge in [-0.2, -0.15) is 5.10 Å². The quantitative estimate of drug-likeness (QED) is 0.794. The van der Waals surface area contributed by atoms with Crippen LogP contribution in [0.25, 0.3) is 0 Å². The summed E-state index contributed by atoms with van der Waals surface area (Å²) in [5, 5.41) is 4.05. The topological polar surface area (TPSA) is 124 Å². The van der Waals surface area contributed by atoms with Gasteiger partial charge in [-0.3, -0.25) is 0 Å². The third-order valence-electron chi connectivity index (χ3n) is 2.97. The Hall–Kier alpha value is -2.20. The highest BCUT2D eigenvalue weighted by Crippen LogP contribution is 2.20. The van der Waals surface area contributed by atoms with E-state index < -0.39 is 19.7 Å². The molecule has 0 saturated carbocycles. The van der Waals surface area contributed by atoms with Crippen LogP contribution in [0.2, 0.25) is 0 Å². The largest absolute Gasteiger partial charge is 0.368 e. The first-order valence-electron chi connectivity index (χ1n) is 6.38. The maximum absolute atomic E-state index is 11.9. The van der Waals surface area contributed by atoms with Crippen LogP contribution in [0.15, 0.2) is 39.3 Å². The first-order chi connectivity index (χ1) is 10.5. The Morgan fingerprint density at radius 1 is 1.17 bits per heavy atom. The van der Waals surface area contributed by atoms with Crippen molar-refractivity contribution in [1.82, 2.24) is 9.66 Å². The predicted molar refractivity (Wildman–Crippen MR) is 87.0 cm³/mol. The molecule has 0 radical (unpaired) electrons. The summed E-state index contributed by atoms with van der Waals surface area (Å²) >= 11 is 0. The molecule has 0 spiro atoms. The van der Waals surface area contributed by atoms with Gasteiger partial charge in [-0.15, -0.1) is 0 Å². The SMILES string of the molecule is Cc1cn(N=Cc2ccc(S(C)(=O)=O)cc2S(C)(=O)=O)c(N)n1. The monoisotopic (exact) mass is 356 g/mol. The van der Waals surface area contributed by atoms with Gasteiger partial charge in [-0.1, -0.05) is 6.07 Å². The Kier molecular flexibility index (Phi) is 4.31. The summed E-state index contributed by atoms with van der Waals surface area (Å²) in [7, 11) is -7.15. The van der Waals surface area contributed by atoms with E-state index in [4.69, 9.17) is 5.73 Å². The second kappa shape index (κ2) is 5.78. The highest BCUT2D eigenvalue weighted by atomic mass is 32.2. The Bertz CT molecular complexity index is 989. The van der Waals surface area contributed by atoms with E-state index in [0.717, 1.165) is 18.6 Å². The van der Waals surface area contributed by atoms with Crippen LogP contribution in [0.4, 0.5) is 5.95 Å². The zero-order valence-electron chi connectivity index (χ0n) is 12.8. The van der Waals surface area contributed by atoms with Crippen LogP contribution in [-0.4, -0.2) is 45.2 Å². The van der Waals surface area contributed by atoms with Gasteiger partial charge in [0.2, 0.25) is 5.95 Å². The molecule has 0 atom stereocenters. The lowest BCUT2D eigenvalue weighted by molar-refractivity contribution is 0.600. The van der Waals surface area contributed by atoms with Gasteiger partial charge in [0.1, 0.15) is 0 Å². The molecule has 0 saturated heterocycles. The summed E-state index contributed by atoms with van der Waals surface area (Å²) in [6, 6.07) is 3.83. The van der Waals surface area contributed by atoms with E-state index in [1.807, 2.05) is 0 Å². The fraction of sp³-hybridized carbons (Fsp3) is 0.231. The average molecular weight is 356 g/mol. The third kappa shape index (κ3) is 3.96. The predicted octanol–water partition coefficient (Wildman–Crippen LogP) is 0.463. The van der Waals surface area contributed by atoms with Crippen molar-refractivity contribution in [1.29, 1.82) is 0 Å². The second-order valence-electron chi connectivity index (χ2n) is 5.07. The smallest absolute Gasteiger partial charge is 0.221 e. The maximum atomic E-state index is 11.9. The maximum Gasteiger partial charge on any atom is 0.221 e. The first kappa shape index (κ1) is 17.2. The summed E-state index contributed by atoms with van der Waals surface area (Å²) in [5.41, 5.74) is 6.57. The number of nitrogens with two attached hydrogens (primary N) is 1. The first-order valence-corrected chi connectivity index (χ1v) is 10.2. The molecule has 0 amide bonds. The van der Waals surface area contributed by atoms with E-state index in [2.05, 4.69) is 10.1 Å². The average Bonchev–Trinajstić information content (AvgIpc) is 2.72. The molecule has 1 aromatic carbocycles. The lowest BCUT2D eigenvalue weighted by Crippen LogP contribution is -2.06. The van der Waals surface area contributed by atoms with E-state index in [1.165, 1.54) is 23.0 Å². The van der Waals surface area contributed by atoms with E-state index in [-0.39, 0.29) is 21.3 Å². The number of imidazole rings is 1. The van der Waals surface area contributed by atoms with Gasteiger partial charge >= 0.3 is 0 Å². The fourth-order valence-electron chi connectivity index (χ4n) is 1.89. The lowest BCUT2D eigenvalue weighted by atomic mass is 10.2. The number of hydrogen-bond donors (Lipinski definition) is 1. The van der Waals surface area contributed by atoms with Crippen molar-refractivity contribution < 1.29 is 16.8 Å². The van der Waals surface area contributed by atoms with Crippen molar-refractivity contribution in [2.24, 2.45) is 5.10 Å². The van der Waals surface area contributed by atoms with E-state index in [0.29, 0.717) is 5.69 Å². The molecule has 1 aromatic heterocycles. The number of aromatic nitrogens is 2. The highest BCUT2D eigenvalue weighted by molar-refractivity contribution is 7.91. The number of hydrogen-bond acceptors (Lipinski definition) is 7. The number of nitrogens with zero attached hydrogens (tertiary/aromatic N) is 3. The van der Waals surface area contributed by atoms with Crippen LogP contribution in [0.5, 0.6) is 0 Å². The number of aryl methyl sites for hydroxylation is 1. The molecule has 2 N–H and O–H groups in total. The minimum Gasteiger partial charge on any atom is -0.368 e. The highest BCUT2D eigenvalue weighted by Gasteiger charge is 2.17. The van der Waals surface area contributed by atoms with Gasteiger partial charge in [-0.05, 0) is 19.1 Å². The number of benzene rings is 1. The molecular formula is C13H16N4O4S2. The zero-order chi connectivity index (χ0) is 17.4. The second-order valence-corrected chi connectivity index (χ2v) is 9.07. The van der Waals surface area contributed by atoms with Crippen LogP contribution in [0.3, 0.4) is 0 Å². The van der Waals surface area contributed by atoms with Gasteiger partial charge in [-0.25, -0.2) is 26.5 Å². The van der Waals surface area contributed by atoms with Gasteiger partial charge < -0.3 is 5.73 Å². The molecule has 0 aliphatic rings. The van der Waals surface area contributed by atoms with Gasteiger partial charge in [0.05, 0.1) is 27.9 Å². The van der Waals surface area contributed by atoms with Crippen molar-refractivity contribution in [3.63, 3.8) is 0 Å². The molecule has 0 bridgehead atoms. The number of nitrogen functional groups attached to an aromatic ring is 1. The summed E-state index contributed by atoms with van der Waals surface area (Å²) in [6.07, 6.45) is 4.88. The van der Waals surface area contributed by atoms with Crippen LogP contribution >= 0.6 is 0 Å². The molecule has 0 aliphatic carbocycles. The minimum atomic E-state index is -3.64. The normalized spacial score (nSPS) is 12.8. The Morgan fingerprint density at radius 3 is 2.30 bits per heavy atom. The number of sulfone groups is 2. The number of rotatable bonds is 4. The minimum absolute atomic E-state index is 0.0759. The van der Waals surface area contributed by atoms with Crippen molar-refractivity contribution >= 4 is 31.8 Å². The van der Waals surface area contributed by atoms with Crippen molar-refractivity contribution in [2.45, 2.75) is 16.7 Å². The molecule has 8 nitrogen and oxygen atoms in total. The molecule has 0 unspecified atom stereocenters. The fourth-order valence-corrected chi connectivity index (χ4v) is 3.51. The molecule has 0 aliphatic heterocycles. The molecule has 23 heavy (non-hydrogen) atoms. The number of anilines is 1. The van der Waals surface area contributed by atoms with Gasteiger partial charge in [0.25, 0.3) is 0 Å². The Morgan fingerprint density at radius 2 is 1.83 bits per heavy atom. The molecule has 1 heterocycles. The molecule has 2 rings (SSSR count). The van der Waals surface area contributed by atoms with Crippen molar-refractivity contribution in [3.8, 4) is 0 Å². The van der Waals surface area contributed by atoms with Crippen LogP contribution in [-0.2, 0) is 19.7 Å². The Labute approximate surface area is 134 Å². The molecule has 0 fully saturated rings. The summed E-state index contributed by atoms with van der Waals surface area (Å²) < 4.78 is 48.3. The van der Waals surface area contributed by atoms with Gasteiger partial charge in [0.15, 0.2) is 19.7 Å². The van der Waals surface area contributed by atoms with E-state index in [9.17, 15) is 16.8 Å². The lowest BCUT2D eigenvalue weighted by Gasteiger charge is -2.06. The van der Waals surface area contributed by atoms with Crippen molar-refractivity contribution in [3.05, 3.63) is 35.7 Å². The van der Waals surface area contributed by atoms with Crippen molar-refractivity contribution in [2.75, 3.05) is 18.2 Å². The summed E-state index contributed by atoms with van der Waals surface area (Å²) in [4.78, 5) is 3.77. The molecule has 10 heteroatoms. The summed E-state index contributed by atoms with van der Waals surface area (Å²) in [5.74, 6) is 0.160. The van der Waals surface area contributed by atoms with E-state index >= 15 is 0 Å². The van der Waals surface area contributed by atoms with Crippen LogP contribution in [0, 0.1) is 6.92 Å². The molecular weight excluding hydrogens is 340 g/mol. The van der Waals surface area contributed by atoms with Crippen LogP contribution < -0.4 is 5.73 Å². The summed E-state index contributed by atoms with van der Waals surface area (Å²) in [6.45, 7) is 1.74. The standard InChI is InChI=1S/C13H16N4O4S2/c1-9-8-17(13(14)16-9)15-7-10-4-5-11(22(2,18)19)6-12(10)23(3,20)21/h4-8H,1-3H3,(H2,14,16). The van der Waals surface area contributed by atoms with E-state index in [1.54, 1.807) is 13.1 Å². The third-order valence-corrected chi connectivity index (χ3v) is 5.23. The molecule has 124 valence electrons.